The Hall–Kier alpha value is -2.67. The highest BCUT2D eigenvalue weighted by Crippen LogP contribution is 2.41. The van der Waals surface area contributed by atoms with E-state index >= 15 is 0 Å². The highest BCUT2D eigenvalue weighted by Gasteiger charge is 2.33. The van der Waals surface area contributed by atoms with Crippen LogP contribution in [0.1, 0.15) is 76.2 Å². The number of hydrogen-bond donors (Lipinski definition) is 4. The fraction of sp³-hybridized carbons (Fsp3) is 0.542. The maximum absolute atomic E-state index is 13.1. The molecule has 0 atom stereocenters. The summed E-state index contributed by atoms with van der Waals surface area (Å²) in [6.45, 7) is 11.2. The zero-order valence-electron chi connectivity index (χ0n) is 21.5. The van der Waals surface area contributed by atoms with Gasteiger partial charge in [0.15, 0.2) is 10.3 Å². The van der Waals surface area contributed by atoms with Crippen molar-refractivity contribution in [3.05, 3.63) is 11.1 Å². The van der Waals surface area contributed by atoms with Crippen LogP contribution in [0.15, 0.2) is 0 Å². The van der Waals surface area contributed by atoms with Gasteiger partial charge in [-0.1, -0.05) is 50.4 Å². The first-order valence-electron chi connectivity index (χ1n) is 12.1. The lowest BCUT2D eigenvalue weighted by molar-refractivity contribution is -0.122. The van der Waals surface area contributed by atoms with Crippen molar-refractivity contribution in [2.24, 2.45) is 11.5 Å². The van der Waals surface area contributed by atoms with Crippen LogP contribution in [0.5, 0.6) is 0 Å². The van der Waals surface area contributed by atoms with Gasteiger partial charge in [-0.15, -0.1) is 0 Å². The molecule has 0 aliphatic carbocycles. The molecule has 2 aromatic heterocycles. The summed E-state index contributed by atoms with van der Waals surface area (Å²) in [7, 11) is 0. The summed E-state index contributed by atoms with van der Waals surface area (Å²) >= 11 is 2.36. The number of nitrogens with zero attached hydrogens (tertiary/aromatic N) is 2. The number of nitrogens with one attached hydrogen (secondary N) is 2. The van der Waals surface area contributed by atoms with E-state index < -0.39 is 17.0 Å². The molecular formula is C24H34N6O4S2. The topological polar surface area (TPSA) is 162 Å². The number of thiazole rings is 2. The van der Waals surface area contributed by atoms with Gasteiger partial charge in [0.2, 0.25) is 11.8 Å². The molecule has 12 heteroatoms. The van der Waals surface area contributed by atoms with Crippen molar-refractivity contribution in [3.63, 3.8) is 0 Å². The summed E-state index contributed by atoms with van der Waals surface area (Å²) in [6.07, 6.45) is 1.90. The lowest BCUT2D eigenvalue weighted by Gasteiger charge is -2.24. The predicted octanol–water partition coefficient (Wildman–Crippen LogP) is 4.30. The molecule has 3 aromatic rings. The third kappa shape index (κ3) is 4.95. The van der Waals surface area contributed by atoms with Gasteiger partial charge in [-0.2, -0.15) is 0 Å². The summed E-state index contributed by atoms with van der Waals surface area (Å²) in [5, 5.41) is 6.31. The van der Waals surface area contributed by atoms with Gasteiger partial charge in [0, 0.05) is 5.56 Å². The Kier molecular flexibility index (Phi) is 8.33. The minimum Gasteiger partial charge on any atom is -0.462 e. The average molecular weight is 535 g/mol. The first-order chi connectivity index (χ1) is 17.0. The second-order valence-corrected chi connectivity index (χ2v) is 10.7. The molecule has 1 aromatic carbocycles. The quantitative estimate of drug-likeness (QED) is 0.280. The van der Waals surface area contributed by atoms with Crippen LogP contribution in [0.2, 0.25) is 0 Å². The Morgan fingerprint density at radius 1 is 0.806 bits per heavy atom. The fourth-order valence-electron chi connectivity index (χ4n) is 3.78. The number of carbonyl (C=O) groups is 3. The summed E-state index contributed by atoms with van der Waals surface area (Å²) in [4.78, 5) is 47.9. The molecule has 2 amide bonds. The Morgan fingerprint density at radius 3 is 1.53 bits per heavy atom. The monoisotopic (exact) mass is 534 g/mol. The molecule has 0 aliphatic heterocycles. The largest absolute Gasteiger partial charge is 0.462 e. The predicted molar refractivity (Wildman–Crippen MR) is 146 cm³/mol. The highest BCUT2D eigenvalue weighted by atomic mass is 32.1. The number of ether oxygens (including phenoxy) is 1. The first-order valence-corrected chi connectivity index (χ1v) is 13.7. The molecule has 0 spiro atoms. The van der Waals surface area contributed by atoms with E-state index in [2.05, 4.69) is 20.6 Å². The summed E-state index contributed by atoms with van der Waals surface area (Å²) < 4.78 is 6.49. The maximum Gasteiger partial charge on any atom is 0.341 e. The Morgan fingerprint density at radius 2 is 1.19 bits per heavy atom. The number of esters is 1. The van der Waals surface area contributed by atoms with E-state index in [0.29, 0.717) is 61.9 Å². The molecule has 0 radical (unpaired) electrons. The maximum atomic E-state index is 13.1. The lowest BCUT2D eigenvalue weighted by Crippen LogP contribution is -2.50. The van der Waals surface area contributed by atoms with Gasteiger partial charge in [0.1, 0.15) is 0 Å². The van der Waals surface area contributed by atoms with Gasteiger partial charge < -0.3 is 26.8 Å². The number of hydrogen-bond acceptors (Lipinski definition) is 10. The molecule has 0 unspecified atom stereocenters. The molecule has 196 valence electrons. The van der Waals surface area contributed by atoms with E-state index in [1.54, 1.807) is 6.92 Å². The van der Waals surface area contributed by atoms with Crippen LogP contribution in [0.25, 0.3) is 20.4 Å². The molecule has 0 saturated carbocycles. The van der Waals surface area contributed by atoms with Crippen molar-refractivity contribution in [2.75, 3.05) is 17.2 Å². The minimum atomic E-state index is -1.01. The van der Waals surface area contributed by atoms with Crippen molar-refractivity contribution >= 4 is 71.2 Å². The van der Waals surface area contributed by atoms with Gasteiger partial charge in [-0.3, -0.25) is 9.59 Å². The molecule has 6 N–H and O–H groups in total. The smallest absolute Gasteiger partial charge is 0.341 e. The highest BCUT2D eigenvalue weighted by molar-refractivity contribution is 7.25. The van der Waals surface area contributed by atoms with Gasteiger partial charge in [-0.25, -0.2) is 14.8 Å². The fourth-order valence-corrected chi connectivity index (χ4v) is 5.96. The molecule has 0 fully saturated rings. The zero-order chi connectivity index (χ0) is 26.8. The third-order valence-electron chi connectivity index (χ3n) is 6.77. The number of benzene rings is 1. The number of rotatable bonds is 10. The van der Waals surface area contributed by atoms with Crippen molar-refractivity contribution in [1.82, 2.24) is 9.97 Å². The number of aryl methyl sites for hydroxylation is 1. The molecule has 3 rings (SSSR count). The van der Waals surface area contributed by atoms with Crippen LogP contribution in [0.3, 0.4) is 0 Å². The number of fused-ring (bicyclic) bond motifs is 2. The van der Waals surface area contributed by atoms with Crippen molar-refractivity contribution in [3.8, 4) is 0 Å². The Balaban J connectivity index is 2.14. The van der Waals surface area contributed by atoms with Crippen LogP contribution in [0, 0.1) is 6.92 Å². The molecule has 0 bridgehead atoms. The summed E-state index contributed by atoms with van der Waals surface area (Å²) in [5.41, 5.74) is 12.5. The molecular weight excluding hydrogens is 500 g/mol. The van der Waals surface area contributed by atoms with Crippen molar-refractivity contribution < 1.29 is 19.1 Å². The summed E-state index contributed by atoms with van der Waals surface area (Å²) in [6, 6.07) is 0. The van der Waals surface area contributed by atoms with E-state index in [4.69, 9.17) is 16.2 Å². The normalized spacial score (nSPS) is 12.2. The SMILES string of the molecule is CCOC(=O)c1c2sc(NC(=O)C(N)(CC)CC)nc2c(C)c2nc(NC(=O)C(N)(CC)CC)sc12. The van der Waals surface area contributed by atoms with Crippen LogP contribution >= 0.6 is 22.7 Å². The Bertz CT molecular complexity index is 1220. The Labute approximate surface area is 218 Å². The number of aromatic nitrogens is 2. The van der Waals surface area contributed by atoms with E-state index in [9.17, 15) is 14.4 Å². The van der Waals surface area contributed by atoms with E-state index in [0.717, 1.165) is 5.56 Å². The summed E-state index contributed by atoms with van der Waals surface area (Å²) in [5.74, 6) is -1.19. The second-order valence-electron chi connectivity index (χ2n) is 8.75. The van der Waals surface area contributed by atoms with Crippen LogP contribution in [0.4, 0.5) is 10.3 Å². The zero-order valence-corrected chi connectivity index (χ0v) is 23.2. The average Bonchev–Trinajstić information content (AvgIpc) is 3.47. The van der Waals surface area contributed by atoms with Crippen LogP contribution < -0.4 is 22.1 Å². The standard InChI is InChI=1S/C24H34N6O4S2/c1-7-23(25,8-2)19(32)29-21-27-14-12(6)15-17(13(16(14)35-21)18(31)34-11-5)36-22(28-15)30-20(33)24(26,9-3)10-4/h7-11,25-26H2,1-6H3,(H,27,29,32)(H,28,30,33). The van der Waals surface area contributed by atoms with E-state index in [1.165, 1.54) is 22.7 Å². The second kappa shape index (κ2) is 10.8. The number of nitrogens with two attached hydrogens (primary N) is 2. The third-order valence-corrected chi connectivity index (χ3v) is 8.74. The molecule has 2 heterocycles. The lowest BCUT2D eigenvalue weighted by atomic mass is 9.93. The molecule has 0 aliphatic rings. The number of anilines is 2. The van der Waals surface area contributed by atoms with Crippen molar-refractivity contribution in [1.29, 1.82) is 0 Å². The minimum absolute atomic E-state index is 0.186. The van der Waals surface area contributed by atoms with Crippen LogP contribution in [-0.2, 0) is 14.3 Å². The van der Waals surface area contributed by atoms with Crippen molar-refractivity contribution in [2.45, 2.75) is 78.3 Å². The van der Waals surface area contributed by atoms with E-state index in [-0.39, 0.29) is 18.4 Å². The van der Waals surface area contributed by atoms with Gasteiger partial charge in [0.25, 0.3) is 0 Å². The molecule has 10 nitrogen and oxygen atoms in total. The van der Waals surface area contributed by atoms with Gasteiger partial charge >= 0.3 is 5.97 Å². The number of amides is 2. The molecule has 0 saturated heterocycles. The first kappa shape index (κ1) is 27.9. The van der Waals surface area contributed by atoms with Gasteiger partial charge in [0.05, 0.1) is 43.7 Å². The molecule has 36 heavy (non-hydrogen) atoms. The van der Waals surface area contributed by atoms with Crippen LogP contribution in [-0.4, -0.2) is 45.4 Å². The van der Waals surface area contributed by atoms with Gasteiger partial charge in [-0.05, 0) is 39.5 Å². The number of carbonyl (C=O) groups excluding carboxylic acids is 3. The van der Waals surface area contributed by atoms with E-state index in [1.807, 2.05) is 34.6 Å².